The normalized spacial score (nSPS) is 15.8. The van der Waals surface area contributed by atoms with Crippen molar-refractivity contribution in [2.75, 3.05) is 0 Å². The lowest BCUT2D eigenvalue weighted by atomic mass is 10.0. The third-order valence-corrected chi connectivity index (χ3v) is 3.16. The summed E-state index contributed by atoms with van der Waals surface area (Å²) >= 11 is 6.13. The van der Waals surface area contributed by atoms with Gasteiger partial charge in [0.15, 0.2) is 0 Å². The molecule has 90 valence electrons. The molecular formula is C14H16ClNO. The van der Waals surface area contributed by atoms with E-state index in [0.717, 1.165) is 30.4 Å². The van der Waals surface area contributed by atoms with Crippen LogP contribution >= 0.6 is 11.6 Å². The first-order chi connectivity index (χ1) is 8.20. The van der Waals surface area contributed by atoms with Crippen molar-refractivity contribution in [3.63, 3.8) is 0 Å². The summed E-state index contributed by atoms with van der Waals surface area (Å²) in [4.78, 5) is 11.7. The molecule has 0 radical (unpaired) electrons. The van der Waals surface area contributed by atoms with Gasteiger partial charge >= 0.3 is 0 Å². The Morgan fingerprint density at radius 2 is 2.18 bits per heavy atom. The Labute approximate surface area is 107 Å². The number of allylic oxidation sites excluding steroid dienone is 1. The van der Waals surface area contributed by atoms with E-state index in [4.69, 9.17) is 11.6 Å². The van der Waals surface area contributed by atoms with Crippen molar-refractivity contribution in [1.29, 1.82) is 0 Å². The smallest absolute Gasteiger partial charge is 0.244 e. The van der Waals surface area contributed by atoms with Crippen LogP contribution in [0.15, 0.2) is 30.3 Å². The van der Waals surface area contributed by atoms with Gasteiger partial charge in [0.05, 0.1) is 0 Å². The molecule has 0 bridgehead atoms. The highest BCUT2D eigenvalue weighted by Crippen LogP contribution is 2.26. The van der Waals surface area contributed by atoms with Crippen LogP contribution < -0.4 is 5.32 Å². The summed E-state index contributed by atoms with van der Waals surface area (Å²) in [5.41, 5.74) is 1.93. The van der Waals surface area contributed by atoms with Gasteiger partial charge in [-0.25, -0.2) is 0 Å². The largest absolute Gasteiger partial charge is 0.350 e. The fourth-order valence-electron chi connectivity index (χ4n) is 1.72. The molecule has 1 aromatic carbocycles. The second kappa shape index (κ2) is 5.37. The van der Waals surface area contributed by atoms with Crippen LogP contribution in [0.5, 0.6) is 0 Å². The summed E-state index contributed by atoms with van der Waals surface area (Å²) in [6, 6.07) is 8.01. The molecule has 0 atom stereocenters. The average Bonchev–Trinajstić information content (AvgIpc) is 3.11. The molecule has 0 aliphatic heterocycles. The molecular weight excluding hydrogens is 234 g/mol. The van der Waals surface area contributed by atoms with Gasteiger partial charge in [-0.1, -0.05) is 36.7 Å². The molecule has 1 fully saturated rings. The molecule has 3 heteroatoms. The maximum absolute atomic E-state index is 11.7. The first-order valence-electron chi connectivity index (χ1n) is 5.96. The molecule has 17 heavy (non-hydrogen) atoms. The molecule has 2 nitrogen and oxygen atoms in total. The van der Waals surface area contributed by atoms with Crippen LogP contribution in [0.4, 0.5) is 0 Å². The van der Waals surface area contributed by atoms with Gasteiger partial charge in [0.2, 0.25) is 5.91 Å². The second-order valence-corrected chi connectivity index (χ2v) is 4.69. The predicted molar refractivity (Wildman–Crippen MR) is 70.9 cm³/mol. The highest BCUT2D eigenvalue weighted by Gasteiger charge is 2.22. The fraction of sp³-hybridized carbons (Fsp3) is 0.357. The molecule has 1 amide bonds. The van der Waals surface area contributed by atoms with Crippen LogP contribution in [-0.4, -0.2) is 11.9 Å². The van der Waals surface area contributed by atoms with Crippen molar-refractivity contribution in [2.45, 2.75) is 32.2 Å². The maximum atomic E-state index is 11.7. The lowest BCUT2D eigenvalue weighted by Gasteiger charge is -2.07. The standard InChI is InChI=1S/C14H16ClNO/c1-2-10(9-14(17)16-11-7-8-11)12-5-3-4-6-13(12)15/h3-6,9,11H,2,7-8H2,1H3,(H,16,17)/b10-9+. The number of hydrogen-bond acceptors (Lipinski definition) is 1. The summed E-state index contributed by atoms with van der Waals surface area (Å²) in [6.45, 7) is 2.03. The van der Waals surface area contributed by atoms with Crippen LogP contribution in [0.2, 0.25) is 5.02 Å². The summed E-state index contributed by atoms with van der Waals surface area (Å²) in [5, 5.41) is 3.64. The number of amides is 1. The molecule has 0 heterocycles. The molecule has 0 aromatic heterocycles. The number of carbonyl (C=O) groups excluding carboxylic acids is 1. The lowest BCUT2D eigenvalue weighted by Crippen LogP contribution is -2.23. The van der Waals surface area contributed by atoms with Gasteiger partial charge < -0.3 is 5.32 Å². The monoisotopic (exact) mass is 249 g/mol. The fourth-order valence-corrected chi connectivity index (χ4v) is 1.98. The van der Waals surface area contributed by atoms with Gasteiger partial charge in [0.1, 0.15) is 0 Å². The highest BCUT2D eigenvalue weighted by molar-refractivity contribution is 6.32. The van der Waals surface area contributed by atoms with Crippen LogP contribution in [0.3, 0.4) is 0 Å². The van der Waals surface area contributed by atoms with Crippen LogP contribution in [0, 0.1) is 0 Å². The van der Waals surface area contributed by atoms with Crippen molar-refractivity contribution < 1.29 is 4.79 Å². The first-order valence-corrected chi connectivity index (χ1v) is 6.34. The minimum atomic E-state index is -0.00994. The van der Waals surface area contributed by atoms with Crippen molar-refractivity contribution in [2.24, 2.45) is 0 Å². The third kappa shape index (κ3) is 3.34. The molecule has 0 unspecified atom stereocenters. The van der Waals surface area contributed by atoms with E-state index in [0.29, 0.717) is 11.1 Å². The average molecular weight is 250 g/mol. The molecule has 1 N–H and O–H groups in total. The predicted octanol–water partition coefficient (Wildman–Crippen LogP) is 3.41. The van der Waals surface area contributed by atoms with Crippen LogP contribution in [0.1, 0.15) is 31.7 Å². The summed E-state index contributed by atoms with van der Waals surface area (Å²) in [7, 11) is 0. The molecule has 0 saturated heterocycles. The number of hydrogen-bond donors (Lipinski definition) is 1. The second-order valence-electron chi connectivity index (χ2n) is 4.29. The van der Waals surface area contributed by atoms with E-state index in [2.05, 4.69) is 5.32 Å². The Kier molecular flexibility index (Phi) is 3.85. The SMILES string of the molecule is CC/C(=C\C(=O)NC1CC1)c1ccccc1Cl. The molecule has 1 saturated carbocycles. The van der Waals surface area contributed by atoms with E-state index in [1.165, 1.54) is 0 Å². The van der Waals surface area contributed by atoms with E-state index < -0.39 is 0 Å². The van der Waals surface area contributed by atoms with Crippen LogP contribution in [0.25, 0.3) is 5.57 Å². The maximum Gasteiger partial charge on any atom is 0.244 e. The summed E-state index contributed by atoms with van der Waals surface area (Å²) < 4.78 is 0. The number of carbonyl (C=O) groups is 1. The number of benzene rings is 1. The van der Waals surface area contributed by atoms with Gasteiger partial charge in [-0.3, -0.25) is 4.79 Å². The van der Waals surface area contributed by atoms with E-state index in [-0.39, 0.29) is 5.91 Å². The number of rotatable bonds is 4. The van der Waals surface area contributed by atoms with Gasteiger partial charge in [0, 0.05) is 17.1 Å². The Bertz CT molecular complexity index is 449. The molecule has 2 rings (SSSR count). The summed E-state index contributed by atoms with van der Waals surface area (Å²) in [6.07, 6.45) is 4.67. The topological polar surface area (TPSA) is 29.1 Å². The van der Waals surface area contributed by atoms with Crippen molar-refractivity contribution in [3.05, 3.63) is 40.9 Å². The zero-order valence-corrected chi connectivity index (χ0v) is 10.6. The molecule has 1 aliphatic carbocycles. The van der Waals surface area contributed by atoms with E-state index in [1.54, 1.807) is 6.08 Å². The van der Waals surface area contributed by atoms with Gasteiger partial charge in [-0.15, -0.1) is 0 Å². The van der Waals surface area contributed by atoms with E-state index in [9.17, 15) is 4.79 Å². The van der Waals surface area contributed by atoms with Gasteiger partial charge in [0.25, 0.3) is 0 Å². The Morgan fingerprint density at radius 3 is 2.76 bits per heavy atom. The van der Waals surface area contributed by atoms with Gasteiger partial charge in [-0.05, 0) is 36.5 Å². The number of halogens is 1. The number of nitrogens with one attached hydrogen (secondary N) is 1. The molecule has 1 aliphatic rings. The quantitative estimate of drug-likeness (QED) is 0.814. The Balaban J connectivity index is 2.17. The van der Waals surface area contributed by atoms with Crippen molar-refractivity contribution in [3.8, 4) is 0 Å². The highest BCUT2D eigenvalue weighted by atomic mass is 35.5. The Morgan fingerprint density at radius 1 is 1.47 bits per heavy atom. The van der Waals surface area contributed by atoms with E-state index >= 15 is 0 Å². The summed E-state index contributed by atoms with van der Waals surface area (Å²) in [5.74, 6) is -0.00994. The zero-order valence-electron chi connectivity index (χ0n) is 9.87. The first kappa shape index (κ1) is 12.2. The lowest BCUT2D eigenvalue weighted by molar-refractivity contribution is -0.116. The minimum absolute atomic E-state index is 0.00994. The van der Waals surface area contributed by atoms with Gasteiger partial charge in [-0.2, -0.15) is 0 Å². The Hall–Kier alpha value is -1.28. The third-order valence-electron chi connectivity index (χ3n) is 2.83. The van der Waals surface area contributed by atoms with Crippen molar-refractivity contribution >= 4 is 23.1 Å². The molecule has 0 spiro atoms. The molecule has 1 aromatic rings. The van der Waals surface area contributed by atoms with Crippen molar-refractivity contribution in [1.82, 2.24) is 5.32 Å². The zero-order chi connectivity index (χ0) is 12.3. The minimum Gasteiger partial charge on any atom is -0.350 e. The van der Waals surface area contributed by atoms with Crippen LogP contribution in [-0.2, 0) is 4.79 Å². The van der Waals surface area contributed by atoms with E-state index in [1.807, 2.05) is 31.2 Å².